The Kier molecular flexibility index (Phi) is 7.95. The number of nitrogens with one attached hydrogen (secondary N) is 1. The lowest BCUT2D eigenvalue weighted by atomic mass is 10.1. The maximum atomic E-state index is 12.1. The second-order valence-electron chi connectivity index (χ2n) is 6.30. The van der Waals surface area contributed by atoms with Gasteiger partial charge >= 0.3 is 0 Å². The van der Waals surface area contributed by atoms with E-state index in [1.165, 1.54) is 24.4 Å². The van der Waals surface area contributed by atoms with Crippen molar-refractivity contribution < 1.29 is 14.6 Å². The van der Waals surface area contributed by atoms with Crippen molar-refractivity contribution in [1.29, 1.82) is 0 Å². The number of carbonyl (C=O) groups is 1. The predicted octanol–water partition coefficient (Wildman–Crippen LogP) is 6.21. The molecule has 0 heterocycles. The van der Waals surface area contributed by atoms with Crippen molar-refractivity contribution in [2.75, 3.05) is 6.61 Å². The minimum atomic E-state index is -0.440. The van der Waals surface area contributed by atoms with Crippen LogP contribution in [-0.2, 0) is 0 Å². The van der Waals surface area contributed by atoms with Crippen LogP contribution in [0.25, 0.3) is 6.08 Å². The molecule has 0 unspecified atom stereocenters. The first kappa shape index (κ1) is 22.7. The van der Waals surface area contributed by atoms with E-state index in [9.17, 15) is 9.90 Å². The highest BCUT2D eigenvalue weighted by atomic mass is 35.5. The number of hydrogen-bond acceptors (Lipinski definition) is 4. The third-order valence-corrected chi connectivity index (χ3v) is 4.95. The summed E-state index contributed by atoms with van der Waals surface area (Å²) in [5, 5.41) is 14.4. The maximum Gasteiger partial charge on any atom is 0.271 e. The highest BCUT2D eigenvalue weighted by molar-refractivity contribution is 6.37. The third kappa shape index (κ3) is 6.49. The first-order valence-electron chi connectivity index (χ1n) is 9.09. The molecule has 0 aliphatic rings. The Morgan fingerprint density at radius 2 is 1.68 bits per heavy atom. The number of carbonyl (C=O) groups excluding carboxylic acids is 1. The van der Waals surface area contributed by atoms with Crippen LogP contribution in [-0.4, -0.2) is 23.8 Å². The molecule has 0 atom stereocenters. The Morgan fingerprint density at radius 3 is 2.42 bits per heavy atom. The van der Waals surface area contributed by atoms with Crippen LogP contribution in [0.2, 0.25) is 15.1 Å². The fraction of sp³-hybridized carbons (Fsp3) is 0.0435. The molecule has 0 aliphatic heterocycles. The molecule has 3 rings (SSSR count). The average molecular weight is 476 g/mol. The van der Waals surface area contributed by atoms with E-state index in [0.29, 0.717) is 22.4 Å². The average Bonchev–Trinajstić information content (AvgIpc) is 2.75. The molecule has 0 aromatic heterocycles. The van der Waals surface area contributed by atoms with Gasteiger partial charge in [0.1, 0.15) is 12.4 Å². The largest absolute Gasteiger partial charge is 0.506 e. The first-order chi connectivity index (χ1) is 14.9. The standard InChI is InChI=1S/C23H17Cl3N2O3/c24-18-7-2-8-19(25)22(18)31-11-3-6-15-4-1-5-16(12-15)14-27-28-23(30)17-9-10-21(29)20(26)13-17/h1-10,12-14,29H,11H2,(H,28,30)/b6-3+,27-14+. The summed E-state index contributed by atoms with van der Waals surface area (Å²) < 4.78 is 5.62. The topological polar surface area (TPSA) is 70.9 Å². The second-order valence-corrected chi connectivity index (χ2v) is 7.52. The van der Waals surface area contributed by atoms with E-state index in [0.717, 1.165) is 11.1 Å². The van der Waals surface area contributed by atoms with E-state index in [4.69, 9.17) is 39.5 Å². The Morgan fingerprint density at radius 1 is 0.968 bits per heavy atom. The summed E-state index contributed by atoms with van der Waals surface area (Å²) >= 11 is 18.0. The number of rotatable bonds is 7. The number of hydrogen-bond donors (Lipinski definition) is 2. The fourth-order valence-electron chi connectivity index (χ4n) is 2.56. The number of amides is 1. The van der Waals surface area contributed by atoms with Crippen molar-refractivity contribution in [3.8, 4) is 11.5 Å². The maximum absolute atomic E-state index is 12.1. The molecule has 0 saturated heterocycles. The zero-order valence-electron chi connectivity index (χ0n) is 16.1. The summed E-state index contributed by atoms with van der Waals surface area (Å²) in [5.41, 5.74) is 4.43. The molecule has 0 spiro atoms. The molecule has 3 aromatic carbocycles. The third-order valence-electron chi connectivity index (χ3n) is 4.05. The van der Waals surface area contributed by atoms with Gasteiger partial charge in [-0.15, -0.1) is 0 Å². The van der Waals surface area contributed by atoms with Crippen LogP contribution in [0.5, 0.6) is 11.5 Å². The number of aromatic hydroxyl groups is 1. The van der Waals surface area contributed by atoms with E-state index in [-0.39, 0.29) is 16.3 Å². The molecular weight excluding hydrogens is 459 g/mol. The minimum Gasteiger partial charge on any atom is -0.506 e. The molecule has 1 amide bonds. The number of ether oxygens (including phenoxy) is 1. The highest BCUT2D eigenvalue weighted by Gasteiger charge is 2.07. The van der Waals surface area contributed by atoms with Crippen molar-refractivity contribution in [3.63, 3.8) is 0 Å². The van der Waals surface area contributed by atoms with Crippen LogP contribution >= 0.6 is 34.8 Å². The number of phenolic OH excluding ortho intramolecular Hbond substituents is 1. The SMILES string of the molecule is O=C(N/N=C/c1cccc(/C=C/COc2c(Cl)cccc2Cl)c1)c1ccc(O)c(Cl)c1. The van der Waals surface area contributed by atoms with E-state index in [1.54, 1.807) is 18.2 Å². The molecule has 0 aliphatic carbocycles. The lowest BCUT2D eigenvalue weighted by Crippen LogP contribution is -2.17. The Hall–Kier alpha value is -2.99. The molecule has 3 aromatic rings. The lowest BCUT2D eigenvalue weighted by Gasteiger charge is -2.07. The number of halogens is 3. The molecule has 158 valence electrons. The fourth-order valence-corrected chi connectivity index (χ4v) is 3.24. The van der Waals surface area contributed by atoms with Crippen molar-refractivity contribution in [2.24, 2.45) is 5.10 Å². The second kappa shape index (κ2) is 10.9. The number of benzene rings is 3. The van der Waals surface area contributed by atoms with Crippen LogP contribution in [0.15, 0.2) is 71.8 Å². The van der Waals surface area contributed by atoms with Gasteiger partial charge in [0, 0.05) is 5.56 Å². The molecule has 0 fully saturated rings. The van der Waals surface area contributed by atoms with Gasteiger partial charge in [-0.25, -0.2) is 5.43 Å². The highest BCUT2D eigenvalue weighted by Crippen LogP contribution is 2.32. The molecule has 31 heavy (non-hydrogen) atoms. The number of phenols is 1. The van der Waals surface area contributed by atoms with E-state index >= 15 is 0 Å². The molecule has 0 saturated carbocycles. The Bertz CT molecular complexity index is 1130. The normalized spacial score (nSPS) is 11.2. The van der Waals surface area contributed by atoms with Gasteiger partial charge < -0.3 is 9.84 Å². The van der Waals surface area contributed by atoms with E-state index in [2.05, 4.69) is 10.5 Å². The first-order valence-corrected chi connectivity index (χ1v) is 10.2. The van der Waals surface area contributed by atoms with Crippen molar-refractivity contribution in [1.82, 2.24) is 5.43 Å². The quantitative estimate of drug-likeness (QED) is 0.315. The minimum absolute atomic E-state index is 0.0908. The van der Waals surface area contributed by atoms with Gasteiger partial charge in [0.25, 0.3) is 5.91 Å². The van der Waals surface area contributed by atoms with Gasteiger partial charge in [0.05, 0.1) is 21.3 Å². The molecule has 5 nitrogen and oxygen atoms in total. The zero-order chi connectivity index (χ0) is 22.2. The van der Waals surface area contributed by atoms with Gasteiger partial charge in [-0.3, -0.25) is 4.79 Å². The summed E-state index contributed by atoms with van der Waals surface area (Å²) in [6.45, 7) is 0.299. The van der Waals surface area contributed by atoms with Crippen LogP contribution < -0.4 is 10.2 Å². The van der Waals surface area contributed by atoms with Gasteiger partial charge in [0.15, 0.2) is 5.75 Å². The molecule has 8 heteroatoms. The van der Waals surface area contributed by atoms with Gasteiger partial charge in [-0.1, -0.05) is 65.1 Å². The summed E-state index contributed by atoms with van der Waals surface area (Å²) in [5.74, 6) is -0.0847. The van der Waals surface area contributed by atoms with E-state index in [1.807, 2.05) is 36.4 Å². The number of hydrazone groups is 1. The molecule has 2 N–H and O–H groups in total. The van der Waals surface area contributed by atoms with Crippen LogP contribution in [0.1, 0.15) is 21.5 Å². The van der Waals surface area contributed by atoms with Crippen LogP contribution in [0.3, 0.4) is 0 Å². The summed E-state index contributed by atoms with van der Waals surface area (Å²) in [4.78, 5) is 12.1. The monoisotopic (exact) mass is 474 g/mol. The summed E-state index contributed by atoms with van der Waals surface area (Å²) in [7, 11) is 0. The van der Waals surface area contributed by atoms with Crippen LogP contribution in [0.4, 0.5) is 0 Å². The smallest absolute Gasteiger partial charge is 0.271 e. The molecular formula is C23H17Cl3N2O3. The Balaban J connectivity index is 1.56. The van der Waals surface area contributed by atoms with Crippen molar-refractivity contribution >= 4 is 53.0 Å². The van der Waals surface area contributed by atoms with Crippen molar-refractivity contribution in [3.05, 3.63) is 98.5 Å². The molecule has 0 bridgehead atoms. The van der Waals surface area contributed by atoms with Gasteiger partial charge in [-0.2, -0.15) is 5.10 Å². The van der Waals surface area contributed by atoms with Crippen molar-refractivity contribution in [2.45, 2.75) is 0 Å². The predicted molar refractivity (Wildman–Crippen MR) is 126 cm³/mol. The van der Waals surface area contributed by atoms with Gasteiger partial charge in [-0.05, 0) is 53.6 Å². The summed E-state index contributed by atoms with van der Waals surface area (Å²) in [6, 6.07) is 16.9. The number of nitrogens with zero attached hydrogens (tertiary/aromatic N) is 1. The Labute approximate surface area is 194 Å². The molecule has 0 radical (unpaired) electrons. The van der Waals surface area contributed by atoms with E-state index < -0.39 is 5.91 Å². The van der Waals surface area contributed by atoms with Gasteiger partial charge in [0.2, 0.25) is 0 Å². The zero-order valence-corrected chi connectivity index (χ0v) is 18.3. The summed E-state index contributed by atoms with van der Waals surface area (Å²) in [6.07, 6.45) is 5.25. The van der Waals surface area contributed by atoms with Crippen LogP contribution in [0, 0.1) is 0 Å². The number of para-hydroxylation sites is 1. The lowest BCUT2D eigenvalue weighted by molar-refractivity contribution is 0.0955.